The predicted octanol–water partition coefficient (Wildman–Crippen LogP) is 3.15. The second kappa shape index (κ2) is 7.83. The number of benzene rings is 1. The zero-order valence-corrected chi connectivity index (χ0v) is 13.1. The number of esters is 1. The first-order valence-electron chi connectivity index (χ1n) is 7.75. The summed E-state index contributed by atoms with van der Waals surface area (Å²) in [5.74, 6) is -1.06. The van der Waals surface area contributed by atoms with Gasteiger partial charge in [0.05, 0.1) is 6.10 Å². The van der Waals surface area contributed by atoms with Crippen molar-refractivity contribution < 1.29 is 24.9 Å². The largest absolute Gasteiger partial charge is 0.508 e. The SMILES string of the molecule is C[C@@H]1C/C=C/[C@@H](O)CCC/C=C/c2cc(O)cc(O)c2C(=O)O1. The molecule has 0 aliphatic carbocycles. The first-order chi connectivity index (χ1) is 11.0. The van der Waals surface area contributed by atoms with Gasteiger partial charge in [0.15, 0.2) is 0 Å². The number of carbonyl (C=O) groups is 1. The highest BCUT2D eigenvalue weighted by Gasteiger charge is 2.20. The molecule has 0 bridgehead atoms. The lowest BCUT2D eigenvalue weighted by Gasteiger charge is -2.15. The molecule has 1 aliphatic rings. The minimum atomic E-state index is -0.638. The third-order valence-corrected chi connectivity index (χ3v) is 3.64. The summed E-state index contributed by atoms with van der Waals surface area (Å²) >= 11 is 0. The number of aromatic hydroxyl groups is 2. The summed E-state index contributed by atoms with van der Waals surface area (Å²) in [6.07, 6.45) is 8.76. The van der Waals surface area contributed by atoms with E-state index in [1.807, 2.05) is 6.08 Å². The standard InChI is InChI=1S/C18H22O5/c1-12-6-5-9-14(19)8-4-2-3-7-13-10-15(20)11-16(21)17(13)18(22)23-12/h3,5,7,9-12,14,19-21H,2,4,6,8H2,1H3/b7-3+,9-5+/t12-,14+/m1/s1. The lowest BCUT2D eigenvalue weighted by Crippen LogP contribution is -2.16. The number of rotatable bonds is 0. The van der Waals surface area contributed by atoms with E-state index in [1.54, 1.807) is 25.2 Å². The van der Waals surface area contributed by atoms with Crippen LogP contribution in [0.15, 0.2) is 30.4 Å². The van der Waals surface area contributed by atoms with E-state index >= 15 is 0 Å². The van der Waals surface area contributed by atoms with Crippen LogP contribution in [0, 0.1) is 0 Å². The van der Waals surface area contributed by atoms with E-state index in [-0.39, 0.29) is 23.2 Å². The maximum atomic E-state index is 12.3. The quantitative estimate of drug-likeness (QED) is 0.505. The van der Waals surface area contributed by atoms with E-state index in [4.69, 9.17) is 4.74 Å². The molecular weight excluding hydrogens is 296 g/mol. The third-order valence-electron chi connectivity index (χ3n) is 3.64. The Morgan fingerprint density at radius 2 is 2.00 bits per heavy atom. The fourth-order valence-corrected chi connectivity index (χ4v) is 2.46. The number of phenols is 2. The number of hydrogen-bond acceptors (Lipinski definition) is 5. The van der Waals surface area contributed by atoms with Crippen molar-refractivity contribution in [3.05, 3.63) is 41.5 Å². The van der Waals surface area contributed by atoms with Crippen molar-refractivity contribution in [3.8, 4) is 11.5 Å². The highest BCUT2D eigenvalue weighted by molar-refractivity contribution is 5.97. The van der Waals surface area contributed by atoms with Crippen molar-refractivity contribution in [1.29, 1.82) is 0 Å². The molecule has 23 heavy (non-hydrogen) atoms. The lowest BCUT2D eigenvalue weighted by atomic mass is 10.0. The van der Waals surface area contributed by atoms with E-state index < -0.39 is 12.1 Å². The second-order valence-electron chi connectivity index (χ2n) is 5.71. The predicted molar refractivity (Wildman–Crippen MR) is 87.3 cm³/mol. The maximum absolute atomic E-state index is 12.3. The second-order valence-corrected chi connectivity index (χ2v) is 5.71. The van der Waals surface area contributed by atoms with Crippen LogP contribution in [0.25, 0.3) is 6.08 Å². The van der Waals surface area contributed by atoms with Crippen molar-refractivity contribution in [1.82, 2.24) is 0 Å². The van der Waals surface area contributed by atoms with Crippen molar-refractivity contribution in [2.24, 2.45) is 0 Å². The summed E-state index contributed by atoms with van der Waals surface area (Å²) in [5, 5.41) is 29.4. The molecule has 1 heterocycles. The summed E-state index contributed by atoms with van der Waals surface area (Å²) < 4.78 is 5.33. The summed E-state index contributed by atoms with van der Waals surface area (Å²) in [6.45, 7) is 1.74. The van der Waals surface area contributed by atoms with Crippen LogP contribution >= 0.6 is 0 Å². The Labute approximate surface area is 135 Å². The van der Waals surface area contributed by atoms with Gasteiger partial charge in [-0.2, -0.15) is 0 Å². The van der Waals surface area contributed by atoms with Crippen LogP contribution in [0.5, 0.6) is 11.5 Å². The fraction of sp³-hybridized carbons (Fsp3) is 0.389. The number of aliphatic hydroxyl groups excluding tert-OH is 1. The summed E-state index contributed by atoms with van der Waals surface area (Å²) in [5.41, 5.74) is 0.458. The molecule has 0 spiro atoms. The van der Waals surface area contributed by atoms with Gasteiger partial charge in [0.1, 0.15) is 23.2 Å². The van der Waals surface area contributed by atoms with Gasteiger partial charge in [0.25, 0.3) is 0 Å². The third kappa shape index (κ3) is 4.86. The zero-order valence-electron chi connectivity index (χ0n) is 13.1. The van der Waals surface area contributed by atoms with Gasteiger partial charge in [-0.3, -0.25) is 0 Å². The van der Waals surface area contributed by atoms with E-state index in [1.165, 1.54) is 6.07 Å². The molecule has 5 nitrogen and oxygen atoms in total. The van der Waals surface area contributed by atoms with Gasteiger partial charge >= 0.3 is 5.97 Å². The Morgan fingerprint density at radius 3 is 2.78 bits per heavy atom. The molecule has 1 aliphatic heterocycles. The van der Waals surface area contributed by atoms with Crippen molar-refractivity contribution >= 4 is 12.0 Å². The summed E-state index contributed by atoms with van der Waals surface area (Å²) in [7, 11) is 0. The number of aliphatic hydroxyl groups is 1. The van der Waals surface area contributed by atoms with Gasteiger partial charge in [0, 0.05) is 12.5 Å². The van der Waals surface area contributed by atoms with Crippen molar-refractivity contribution in [2.75, 3.05) is 0 Å². The maximum Gasteiger partial charge on any atom is 0.342 e. The number of carbonyl (C=O) groups excluding carboxylic acids is 1. The molecule has 0 saturated carbocycles. The minimum absolute atomic E-state index is 0.0481. The average Bonchev–Trinajstić information content (AvgIpc) is 2.45. The molecule has 124 valence electrons. The zero-order chi connectivity index (χ0) is 16.8. The van der Waals surface area contributed by atoms with E-state index in [9.17, 15) is 20.1 Å². The Bertz CT molecular complexity index is 618. The molecule has 0 aromatic heterocycles. The molecule has 1 aromatic rings. The molecule has 5 heteroatoms. The normalized spacial score (nSPS) is 25.7. The van der Waals surface area contributed by atoms with Gasteiger partial charge in [-0.25, -0.2) is 4.79 Å². The molecule has 2 rings (SSSR count). The van der Waals surface area contributed by atoms with Gasteiger partial charge in [0.2, 0.25) is 0 Å². The smallest absolute Gasteiger partial charge is 0.342 e. The molecule has 0 saturated heterocycles. The molecular formula is C18H22O5. The minimum Gasteiger partial charge on any atom is -0.508 e. The fourth-order valence-electron chi connectivity index (χ4n) is 2.46. The van der Waals surface area contributed by atoms with Crippen LogP contribution in [0.3, 0.4) is 0 Å². The van der Waals surface area contributed by atoms with Crippen molar-refractivity contribution in [3.63, 3.8) is 0 Å². The van der Waals surface area contributed by atoms with E-state index in [0.29, 0.717) is 24.8 Å². The number of cyclic esters (lactones) is 1. The molecule has 2 atom stereocenters. The molecule has 3 N–H and O–H groups in total. The van der Waals surface area contributed by atoms with E-state index in [2.05, 4.69) is 0 Å². The Morgan fingerprint density at radius 1 is 1.22 bits per heavy atom. The van der Waals surface area contributed by atoms with Gasteiger partial charge in [-0.05, 0) is 37.8 Å². The number of ether oxygens (including phenoxy) is 1. The molecule has 0 amide bonds. The number of allylic oxidation sites excluding steroid dienone is 1. The highest BCUT2D eigenvalue weighted by atomic mass is 16.5. The molecule has 0 fully saturated rings. The lowest BCUT2D eigenvalue weighted by molar-refractivity contribution is 0.0344. The van der Waals surface area contributed by atoms with Crippen LogP contribution in [0.4, 0.5) is 0 Å². The Kier molecular flexibility index (Phi) is 5.82. The van der Waals surface area contributed by atoms with E-state index in [0.717, 1.165) is 12.5 Å². The summed E-state index contributed by atoms with van der Waals surface area (Å²) in [4.78, 5) is 12.3. The highest BCUT2D eigenvalue weighted by Crippen LogP contribution is 2.29. The van der Waals surface area contributed by atoms with Crippen LogP contribution in [-0.4, -0.2) is 33.5 Å². The van der Waals surface area contributed by atoms with Gasteiger partial charge in [-0.15, -0.1) is 0 Å². The summed E-state index contributed by atoms with van der Waals surface area (Å²) in [6, 6.07) is 2.54. The molecule has 1 aromatic carbocycles. The van der Waals surface area contributed by atoms with Crippen LogP contribution in [-0.2, 0) is 4.74 Å². The van der Waals surface area contributed by atoms with Crippen LogP contribution in [0.2, 0.25) is 0 Å². The monoisotopic (exact) mass is 318 g/mol. The van der Waals surface area contributed by atoms with Gasteiger partial charge < -0.3 is 20.1 Å². The first-order valence-corrected chi connectivity index (χ1v) is 7.75. The van der Waals surface area contributed by atoms with Crippen LogP contribution < -0.4 is 0 Å². The molecule has 0 radical (unpaired) electrons. The Hall–Kier alpha value is -2.27. The first kappa shape index (κ1) is 17.1. The topological polar surface area (TPSA) is 87.0 Å². The van der Waals surface area contributed by atoms with Crippen LogP contribution in [0.1, 0.15) is 48.5 Å². The average molecular weight is 318 g/mol. The van der Waals surface area contributed by atoms with Crippen molar-refractivity contribution in [2.45, 2.75) is 44.8 Å². The molecule has 0 unspecified atom stereocenters. The van der Waals surface area contributed by atoms with Gasteiger partial charge in [-0.1, -0.05) is 24.3 Å². The Balaban J connectivity index is 2.34. The number of phenolic OH excluding ortho intramolecular Hbond substituents is 2. The number of fused-ring (bicyclic) bond motifs is 1. The number of hydrogen-bond donors (Lipinski definition) is 3.